The quantitative estimate of drug-likeness (QED) is 0.814. The predicted octanol–water partition coefficient (Wildman–Crippen LogP) is 1.80. The topological polar surface area (TPSA) is 39.7 Å². The van der Waals surface area contributed by atoms with Crippen LogP contribution in [0.15, 0.2) is 17.0 Å². The van der Waals surface area contributed by atoms with Gasteiger partial charge in [0.05, 0.1) is 17.6 Å². The summed E-state index contributed by atoms with van der Waals surface area (Å²) in [6.45, 7) is 2.85. The van der Waals surface area contributed by atoms with Crippen LogP contribution in [0.3, 0.4) is 0 Å². The fraction of sp³-hybridized carbons (Fsp3) is 0.500. The van der Waals surface area contributed by atoms with Crippen molar-refractivity contribution in [3.05, 3.63) is 17.7 Å². The molecule has 0 aromatic heterocycles. The van der Waals surface area contributed by atoms with Gasteiger partial charge in [-0.1, -0.05) is 6.07 Å². The highest BCUT2D eigenvalue weighted by Gasteiger charge is 2.25. The minimum atomic E-state index is 0.112. The molecule has 0 amide bonds. The Bertz CT molecular complexity index is 418. The maximum atomic E-state index is 5.79. The highest BCUT2D eigenvalue weighted by Crippen LogP contribution is 2.44. The third kappa shape index (κ3) is 1.99. The fourth-order valence-electron chi connectivity index (χ4n) is 2.19. The van der Waals surface area contributed by atoms with E-state index >= 15 is 0 Å². The normalized spacial score (nSPS) is 22.8. The van der Waals surface area contributed by atoms with E-state index in [9.17, 15) is 0 Å². The highest BCUT2D eigenvalue weighted by atomic mass is 32.2. The molecule has 2 heterocycles. The van der Waals surface area contributed by atoms with Crippen LogP contribution >= 0.6 is 11.8 Å². The van der Waals surface area contributed by atoms with Gasteiger partial charge in [-0.3, -0.25) is 0 Å². The third-order valence-electron chi connectivity index (χ3n) is 3.00. The smallest absolute Gasteiger partial charge is 0.231 e. The molecular formula is C12H15NO3S. The summed E-state index contributed by atoms with van der Waals surface area (Å²) in [7, 11) is 0. The summed E-state index contributed by atoms with van der Waals surface area (Å²) in [5.74, 6) is 1.70. The monoisotopic (exact) mass is 253 g/mol. The number of nitrogens with one attached hydrogen (secondary N) is 1. The largest absolute Gasteiger partial charge is 0.454 e. The molecule has 92 valence electrons. The second-order valence-electron chi connectivity index (χ2n) is 3.99. The van der Waals surface area contributed by atoms with E-state index in [1.165, 1.54) is 5.56 Å². The Morgan fingerprint density at radius 1 is 1.35 bits per heavy atom. The van der Waals surface area contributed by atoms with E-state index in [0.717, 1.165) is 36.1 Å². The van der Waals surface area contributed by atoms with E-state index in [4.69, 9.17) is 14.2 Å². The molecule has 0 radical (unpaired) electrons. The summed E-state index contributed by atoms with van der Waals surface area (Å²) in [5, 5.41) is 3.35. The Balaban J connectivity index is 1.98. The van der Waals surface area contributed by atoms with Gasteiger partial charge in [-0.25, -0.2) is 0 Å². The minimum absolute atomic E-state index is 0.112. The Morgan fingerprint density at radius 3 is 3.06 bits per heavy atom. The number of hydrogen-bond donors (Lipinski definition) is 1. The van der Waals surface area contributed by atoms with E-state index < -0.39 is 0 Å². The number of hydrogen-bond acceptors (Lipinski definition) is 5. The van der Waals surface area contributed by atoms with Gasteiger partial charge >= 0.3 is 0 Å². The predicted molar refractivity (Wildman–Crippen MR) is 65.9 cm³/mol. The molecule has 4 nitrogen and oxygen atoms in total. The molecule has 1 aromatic carbocycles. The molecule has 1 atom stereocenters. The summed E-state index contributed by atoms with van der Waals surface area (Å²) in [6, 6.07) is 4.05. The van der Waals surface area contributed by atoms with Gasteiger partial charge < -0.3 is 19.5 Å². The van der Waals surface area contributed by atoms with Crippen molar-refractivity contribution in [1.82, 2.24) is 5.32 Å². The second-order valence-corrected chi connectivity index (χ2v) is 4.80. The van der Waals surface area contributed by atoms with Gasteiger partial charge in [0.15, 0.2) is 11.5 Å². The molecular weight excluding hydrogens is 238 g/mol. The standard InChI is InChI=1S/C12H15NO3S/c1-17-12-8(10-6-13-4-5-14-10)2-3-9-11(12)16-7-15-9/h2-3,10,13H,4-7H2,1H3. The van der Waals surface area contributed by atoms with E-state index in [2.05, 4.69) is 17.6 Å². The molecule has 0 bridgehead atoms. The number of morpholine rings is 1. The van der Waals surface area contributed by atoms with Crippen molar-refractivity contribution in [2.45, 2.75) is 11.0 Å². The summed E-state index contributed by atoms with van der Waals surface area (Å²) in [6.07, 6.45) is 2.16. The van der Waals surface area contributed by atoms with E-state index in [0.29, 0.717) is 6.79 Å². The molecule has 1 N–H and O–H groups in total. The Labute approximate surface area is 105 Å². The van der Waals surface area contributed by atoms with Gasteiger partial charge in [-0.2, -0.15) is 0 Å². The van der Waals surface area contributed by atoms with Crippen molar-refractivity contribution < 1.29 is 14.2 Å². The lowest BCUT2D eigenvalue weighted by atomic mass is 10.1. The van der Waals surface area contributed by atoms with Crippen LogP contribution in [0.2, 0.25) is 0 Å². The third-order valence-corrected chi connectivity index (χ3v) is 3.83. The number of rotatable bonds is 2. The van der Waals surface area contributed by atoms with E-state index in [1.807, 2.05) is 6.07 Å². The number of fused-ring (bicyclic) bond motifs is 1. The van der Waals surface area contributed by atoms with Crippen molar-refractivity contribution in [1.29, 1.82) is 0 Å². The fourth-order valence-corrected chi connectivity index (χ4v) is 2.97. The molecule has 0 spiro atoms. The number of ether oxygens (including phenoxy) is 3. The second kappa shape index (κ2) is 4.76. The van der Waals surface area contributed by atoms with Crippen LogP contribution in [-0.2, 0) is 4.74 Å². The van der Waals surface area contributed by atoms with Gasteiger partial charge in [-0.15, -0.1) is 11.8 Å². The molecule has 1 aromatic rings. The van der Waals surface area contributed by atoms with Crippen LogP contribution in [0.5, 0.6) is 11.5 Å². The van der Waals surface area contributed by atoms with Crippen LogP contribution in [0.1, 0.15) is 11.7 Å². The molecule has 17 heavy (non-hydrogen) atoms. The first-order valence-electron chi connectivity index (χ1n) is 5.69. The van der Waals surface area contributed by atoms with Gasteiger partial charge in [0.25, 0.3) is 0 Å². The first kappa shape index (κ1) is 11.2. The average molecular weight is 253 g/mol. The maximum absolute atomic E-state index is 5.79. The Kier molecular flexibility index (Phi) is 3.13. The highest BCUT2D eigenvalue weighted by molar-refractivity contribution is 7.98. The molecule has 3 rings (SSSR count). The molecule has 5 heteroatoms. The summed E-state index contributed by atoms with van der Waals surface area (Å²) >= 11 is 1.68. The molecule has 0 saturated carbocycles. The van der Waals surface area contributed by atoms with Crippen LogP contribution in [0, 0.1) is 0 Å². The molecule has 2 aliphatic rings. The van der Waals surface area contributed by atoms with Crippen LogP contribution < -0.4 is 14.8 Å². The van der Waals surface area contributed by atoms with Crippen LogP contribution in [0.25, 0.3) is 0 Å². The summed E-state index contributed by atoms with van der Waals surface area (Å²) in [4.78, 5) is 1.13. The van der Waals surface area contributed by atoms with Gasteiger partial charge in [0.1, 0.15) is 0 Å². The van der Waals surface area contributed by atoms with E-state index in [1.54, 1.807) is 11.8 Å². The lowest BCUT2D eigenvalue weighted by Crippen LogP contribution is -2.33. The first-order chi connectivity index (χ1) is 8.40. The molecule has 1 saturated heterocycles. The zero-order chi connectivity index (χ0) is 11.7. The van der Waals surface area contributed by atoms with E-state index in [-0.39, 0.29) is 6.10 Å². The van der Waals surface area contributed by atoms with Gasteiger partial charge in [-0.05, 0) is 17.9 Å². The maximum Gasteiger partial charge on any atom is 0.231 e. The summed E-state index contributed by atoms with van der Waals surface area (Å²) < 4.78 is 16.7. The zero-order valence-electron chi connectivity index (χ0n) is 9.69. The van der Waals surface area contributed by atoms with Crippen LogP contribution in [-0.4, -0.2) is 32.7 Å². The molecule has 0 aliphatic carbocycles. The number of benzene rings is 1. The van der Waals surface area contributed by atoms with Crippen molar-refractivity contribution in [2.75, 3.05) is 32.7 Å². The van der Waals surface area contributed by atoms with Gasteiger partial charge in [0, 0.05) is 13.1 Å². The Hall–Kier alpha value is -0.910. The Morgan fingerprint density at radius 2 is 2.29 bits per heavy atom. The number of thioether (sulfide) groups is 1. The SMILES string of the molecule is CSc1c(C2CNCCO2)ccc2c1OCO2. The van der Waals surface area contributed by atoms with Crippen molar-refractivity contribution >= 4 is 11.8 Å². The minimum Gasteiger partial charge on any atom is -0.454 e. The van der Waals surface area contributed by atoms with Crippen molar-refractivity contribution in [2.24, 2.45) is 0 Å². The molecule has 1 unspecified atom stereocenters. The summed E-state index contributed by atoms with van der Waals surface area (Å²) in [5.41, 5.74) is 1.19. The lowest BCUT2D eigenvalue weighted by molar-refractivity contribution is 0.0259. The first-order valence-corrected chi connectivity index (χ1v) is 6.91. The molecule has 1 fully saturated rings. The van der Waals surface area contributed by atoms with Crippen molar-refractivity contribution in [3.63, 3.8) is 0 Å². The van der Waals surface area contributed by atoms with Gasteiger partial charge in [0.2, 0.25) is 6.79 Å². The zero-order valence-corrected chi connectivity index (χ0v) is 10.5. The van der Waals surface area contributed by atoms with Crippen molar-refractivity contribution in [3.8, 4) is 11.5 Å². The average Bonchev–Trinajstić information content (AvgIpc) is 2.86. The van der Waals surface area contributed by atoms with Crippen LogP contribution in [0.4, 0.5) is 0 Å². The molecule has 2 aliphatic heterocycles. The lowest BCUT2D eigenvalue weighted by Gasteiger charge is -2.25.